The highest BCUT2D eigenvalue weighted by Gasteiger charge is 2.93. The van der Waals surface area contributed by atoms with Crippen LogP contribution >= 0.6 is 0 Å². The summed E-state index contributed by atoms with van der Waals surface area (Å²) in [6.45, 7) is 9.17. The van der Waals surface area contributed by atoms with E-state index in [-0.39, 0.29) is 52.6 Å². The standard InChI is InChI=1S/C42H48N8O12/c1-9-59-31(51)39-41(33(53)61-11-3)47-21-49-37(57)45-19-29-15-25(7)26(8)16-30(29)20-46-38(58)50(42(49,34(54)62-12-4)40(45,46)32(52)60-10-2)22-48(41)36(56)44(39)18-28-14-24(6)23(5)13-27(28)17-43(39)35(47)55/h13-16H,9-12,17-22H2,1-8H3/t39-,40+,41+,42-. The average molecular weight is 857 g/mol. The molecule has 5 saturated heterocycles. The van der Waals surface area contributed by atoms with E-state index in [9.17, 15) is 0 Å². The van der Waals surface area contributed by atoms with Gasteiger partial charge in [0.25, 0.3) is 22.7 Å². The number of amides is 8. The van der Waals surface area contributed by atoms with Crippen LogP contribution < -0.4 is 0 Å². The molecular weight excluding hydrogens is 809 g/mol. The summed E-state index contributed by atoms with van der Waals surface area (Å²) < 4.78 is 23.0. The first kappa shape index (κ1) is 40.8. The van der Waals surface area contributed by atoms with Crippen LogP contribution in [0.1, 0.15) is 72.2 Å². The van der Waals surface area contributed by atoms with E-state index in [0.29, 0.717) is 22.3 Å². The molecule has 0 N–H and O–H groups in total. The van der Waals surface area contributed by atoms with Crippen molar-refractivity contribution >= 4 is 48.0 Å². The lowest BCUT2D eigenvalue weighted by molar-refractivity contribution is -0.209. The molecule has 0 radical (unpaired) electrons. The monoisotopic (exact) mass is 856 g/mol. The quantitative estimate of drug-likeness (QED) is 0.278. The van der Waals surface area contributed by atoms with Gasteiger partial charge >= 0.3 is 48.0 Å². The Balaban J connectivity index is 1.38. The van der Waals surface area contributed by atoms with Crippen LogP contribution in [0.25, 0.3) is 0 Å². The van der Waals surface area contributed by atoms with E-state index in [1.165, 1.54) is 27.7 Å². The highest BCUT2D eigenvalue weighted by atomic mass is 16.6. The van der Waals surface area contributed by atoms with Crippen molar-refractivity contribution in [2.24, 2.45) is 0 Å². The van der Waals surface area contributed by atoms with Gasteiger partial charge in [-0.2, -0.15) is 0 Å². The lowest BCUT2D eigenvalue weighted by Crippen LogP contribution is -2.81. The number of ether oxygens (including phenoxy) is 4. The van der Waals surface area contributed by atoms with Gasteiger partial charge in [-0.05, 0) is 99.9 Å². The van der Waals surface area contributed by atoms with Crippen LogP contribution in [0.5, 0.6) is 0 Å². The van der Waals surface area contributed by atoms with Gasteiger partial charge in [0.2, 0.25) is 0 Å². The summed E-state index contributed by atoms with van der Waals surface area (Å²) in [5.41, 5.74) is -5.17. The third-order valence-corrected chi connectivity index (χ3v) is 13.7. The fraction of sp³-hybridized carbons (Fsp3) is 0.524. The topological polar surface area (TPSA) is 199 Å². The van der Waals surface area contributed by atoms with E-state index in [4.69, 9.17) is 18.9 Å². The molecule has 62 heavy (non-hydrogen) atoms. The second kappa shape index (κ2) is 13.4. The Hall–Kier alpha value is -6.60. The highest BCUT2D eigenvalue weighted by Crippen LogP contribution is 2.61. The number of fused-ring (bicyclic) bond motifs is 2. The van der Waals surface area contributed by atoms with Gasteiger partial charge in [-0.25, -0.2) is 38.4 Å². The van der Waals surface area contributed by atoms with Crippen molar-refractivity contribution in [1.29, 1.82) is 0 Å². The third-order valence-electron chi connectivity index (χ3n) is 13.7. The van der Waals surface area contributed by atoms with E-state index in [1.807, 2.05) is 52.0 Å². The molecule has 7 aliphatic rings. The van der Waals surface area contributed by atoms with Crippen molar-refractivity contribution < 1.29 is 57.3 Å². The van der Waals surface area contributed by atoms with E-state index in [1.54, 1.807) is 0 Å². The van der Waals surface area contributed by atoms with Gasteiger partial charge < -0.3 is 18.9 Å². The molecule has 0 bridgehead atoms. The van der Waals surface area contributed by atoms with Crippen LogP contribution in [-0.4, -0.2) is 150 Å². The minimum Gasteiger partial charge on any atom is -0.463 e. The minimum atomic E-state index is -2.80. The molecule has 0 atom stereocenters. The number of nitrogens with zero attached hydrogens (tertiary/aromatic N) is 8. The van der Waals surface area contributed by atoms with E-state index >= 15 is 38.4 Å². The third kappa shape index (κ3) is 4.36. The molecule has 7 aliphatic heterocycles. The number of aryl methyl sites for hydroxylation is 4. The molecule has 0 aliphatic carbocycles. The van der Waals surface area contributed by atoms with Crippen LogP contribution in [0.3, 0.4) is 0 Å². The maximum atomic E-state index is 15.6. The predicted octanol–water partition coefficient (Wildman–Crippen LogP) is 2.56. The minimum absolute atomic E-state index is 0.235. The highest BCUT2D eigenvalue weighted by molar-refractivity contribution is 6.12. The normalized spacial score (nSPS) is 27.6. The summed E-state index contributed by atoms with van der Waals surface area (Å²) in [6.07, 6.45) is 0. The lowest BCUT2D eigenvalue weighted by atomic mass is 9.88. The maximum Gasteiger partial charge on any atom is 0.359 e. The molecule has 5 fully saturated rings. The Kier molecular flexibility index (Phi) is 8.85. The van der Waals surface area contributed by atoms with Crippen molar-refractivity contribution in [3.63, 3.8) is 0 Å². The second-order valence-electron chi connectivity index (χ2n) is 16.5. The van der Waals surface area contributed by atoms with Gasteiger partial charge in [0.15, 0.2) is 0 Å². The van der Waals surface area contributed by atoms with E-state index in [0.717, 1.165) is 61.5 Å². The van der Waals surface area contributed by atoms with Crippen LogP contribution in [0.15, 0.2) is 24.3 Å². The number of carbonyl (C=O) groups is 8. The van der Waals surface area contributed by atoms with Crippen LogP contribution in [0.4, 0.5) is 19.2 Å². The second-order valence-corrected chi connectivity index (χ2v) is 16.5. The number of hydrogen-bond acceptors (Lipinski definition) is 12. The van der Waals surface area contributed by atoms with Gasteiger partial charge in [0.05, 0.1) is 52.6 Å². The molecule has 8 amide bonds. The summed E-state index contributed by atoms with van der Waals surface area (Å²) in [6, 6.07) is 3.30. The molecule has 0 unspecified atom stereocenters. The molecule has 2 aromatic carbocycles. The van der Waals surface area contributed by atoms with Crippen LogP contribution in [0.2, 0.25) is 0 Å². The summed E-state index contributed by atoms with van der Waals surface area (Å²) in [7, 11) is 0. The van der Waals surface area contributed by atoms with E-state index in [2.05, 4.69) is 0 Å². The zero-order chi connectivity index (χ0) is 44.6. The summed E-state index contributed by atoms with van der Waals surface area (Å²) in [4.78, 5) is 131. The Morgan fingerprint density at radius 3 is 0.790 bits per heavy atom. The number of rotatable bonds is 8. The summed E-state index contributed by atoms with van der Waals surface area (Å²) >= 11 is 0. The van der Waals surface area contributed by atoms with Crippen molar-refractivity contribution in [2.75, 3.05) is 39.8 Å². The number of urea groups is 4. The fourth-order valence-electron chi connectivity index (χ4n) is 11.0. The first-order valence-corrected chi connectivity index (χ1v) is 20.8. The fourth-order valence-corrected chi connectivity index (χ4v) is 11.0. The SMILES string of the molecule is CCOC(=O)[C@]12N3Cc4cc(C)c(C)cc4CN1C(=O)N1CN4C(=O)N5Cc6cc(C)c(C)cc6CN6C(=O)N(CN(C3=O)[C@]12C(=O)OCC)[C@]4(C(=O)OCC)[C@@]56C(=O)OCC. The molecule has 20 heteroatoms. The largest absolute Gasteiger partial charge is 0.463 e. The van der Waals surface area contributed by atoms with Gasteiger partial charge in [-0.15, -0.1) is 0 Å². The zero-order valence-corrected chi connectivity index (χ0v) is 35.9. The molecular formula is C42H48N8O12. The van der Waals surface area contributed by atoms with Crippen molar-refractivity contribution in [3.05, 3.63) is 68.8 Å². The number of carbonyl (C=O) groups excluding carboxylic acids is 8. The van der Waals surface area contributed by atoms with Gasteiger partial charge in [-0.3, -0.25) is 39.2 Å². The maximum absolute atomic E-state index is 15.6. The van der Waals surface area contributed by atoms with Crippen molar-refractivity contribution in [1.82, 2.24) is 39.2 Å². The van der Waals surface area contributed by atoms with Crippen LogP contribution in [-0.2, 0) is 64.3 Å². The Morgan fingerprint density at radius 2 is 0.597 bits per heavy atom. The molecule has 9 rings (SSSR count). The smallest absolute Gasteiger partial charge is 0.359 e. The predicted molar refractivity (Wildman–Crippen MR) is 210 cm³/mol. The number of esters is 4. The first-order chi connectivity index (χ1) is 29.5. The molecule has 2 aromatic rings. The van der Waals surface area contributed by atoms with E-state index < -0.39 is 84.0 Å². The summed E-state index contributed by atoms with van der Waals surface area (Å²) in [5.74, 6) is -4.79. The van der Waals surface area contributed by atoms with Gasteiger partial charge in [0, 0.05) is 0 Å². The zero-order valence-electron chi connectivity index (χ0n) is 35.9. The molecule has 0 saturated carbocycles. The van der Waals surface area contributed by atoms with Gasteiger partial charge in [0.1, 0.15) is 13.3 Å². The van der Waals surface area contributed by atoms with Crippen LogP contribution in [0, 0.1) is 27.7 Å². The molecule has 7 heterocycles. The number of hydrogen-bond donors (Lipinski definition) is 0. The Labute approximate surface area is 356 Å². The Bertz CT molecular complexity index is 2160. The molecule has 0 spiro atoms. The Morgan fingerprint density at radius 1 is 0.403 bits per heavy atom. The average Bonchev–Trinajstić information content (AvgIpc) is 3.61. The molecule has 20 nitrogen and oxygen atoms in total. The van der Waals surface area contributed by atoms with Gasteiger partial charge in [-0.1, -0.05) is 24.3 Å². The first-order valence-electron chi connectivity index (χ1n) is 20.8. The molecule has 0 aromatic heterocycles. The van der Waals surface area contributed by atoms with Crippen molar-refractivity contribution in [3.8, 4) is 0 Å². The number of benzene rings is 2. The lowest BCUT2D eigenvalue weighted by Gasteiger charge is -2.51. The molecule has 328 valence electrons. The van der Waals surface area contributed by atoms with Crippen molar-refractivity contribution in [2.45, 2.75) is 104 Å². The summed E-state index contributed by atoms with van der Waals surface area (Å²) in [5, 5.41) is 0.